The first kappa shape index (κ1) is 36.1. The van der Waals surface area contributed by atoms with Gasteiger partial charge in [-0.3, -0.25) is 0 Å². The summed E-state index contributed by atoms with van der Waals surface area (Å²) in [6.07, 6.45) is -0.555. The SMILES string of the molecule is COCCOC[C@H](O)CO[C@@H]1CNC[C@H](OCc2cc(OC)c3ccccc3c2)[C@H]1c1ccc(OCCCOc2ccccc2C#N)cc1. The number of methoxy groups -OCH3 is 2. The Morgan fingerprint density at radius 2 is 1.57 bits per heavy atom. The van der Waals surface area contributed by atoms with E-state index in [0.29, 0.717) is 63.9 Å². The molecule has 1 heterocycles. The molecule has 49 heavy (non-hydrogen) atoms. The number of benzene rings is 4. The van der Waals surface area contributed by atoms with Gasteiger partial charge >= 0.3 is 0 Å². The van der Waals surface area contributed by atoms with Crippen molar-refractivity contribution in [3.63, 3.8) is 0 Å². The number of nitrogens with one attached hydrogen (secondary N) is 1. The van der Waals surface area contributed by atoms with Gasteiger partial charge in [0.2, 0.25) is 0 Å². The third-order valence-corrected chi connectivity index (χ3v) is 8.39. The molecule has 1 aliphatic rings. The number of hydrogen-bond donors (Lipinski definition) is 2. The lowest BCUT2D eigenvalue weighted by Gasteiger charge is -2.39. The van der Waals surface area contributed by atoms with E-state index < -0.39 is 6.10 Å². The third-order valence-electron chi connectivity index (χ3n) is 8.39. The van der Waals surface area contributed by atoms with Crippen LogP contribution in [0.2, 0.25) is 0 Å². The Morgan fingerprint density at radius 3 is 2.37 bits per heavy atom. The van der Waals surface area contributed by atoms with Gasteiger partial charge in [-0.25, -0.2) is 0 Å². The molecule has 0 spiro atoms. The smallest absolute Gasteiger partial charge is 0.137 e. The minimum Gasteiger partial charge on any atom is -0.496 e. The minimum atomic E-state index is -0.767. The summed E-state index contributed by atoms with van der Waals surface area (Å²) in [6.45, 7) is 3.74. The second-order valence-corrected chi connectivity index (χ2v) is 11.9. The molecule has 4 aromatic rings. The third kappa shape index (κ3) is 10.4. The van der Waals surface area contributed by atoms with Crippen molar-refractivity contribution in [1.82, 2.24) is 5.32 Å². The van der Waals surface area contributed by atoms with Crippen LogP contribution in [0, 0.1) is 11.3 Å². The van der Waals surface area contributed by atoms with Crippen LogP contribution in [0.5, 0.6) is 17.2 Å². The molecule has 2 N–H and O–H groups in total. The summed E-state index contributed by atoms with van der Waals surface area (Å²) >= 11 is 0. The Morgan fingerprint density at radius 1 is 0.816 bits per heavy atom. The molecule has 4 aromatic carbocycles. The zero-order chi connectivity index (χ0) is 34.3. The highest BCUT2D eigenvalue weighted by Gasteiger charge is 2.36. The minimum absolute atomic E-state index is 0.104. The van der Waals surface area contributed by atoms with E-state index in [4.69, 9.17) is 33.2 Å². The van der Waals surface area contributed by atoms with E-state index in [1.807, 2.05) is 42.5 Å². The lowest BCUT2D eigenvalue weighted by Crippen LogP contribution is -2.51. The van der Waals surface area contributed by atoms with Gasteiger partial charge in [0.05, 0.1) is 71.1 Å². The number of ether oxygens (including phenoxy) is 7. The molecule has 0 unspecified atom stereocenters. The Balaban J connectivity index is 1.23. The molecule has 0 radical (unpaired) electrons. The standard InChI is InChI=1S/C39H46N2O8/c1-43-18-19-45-26-32(42)27-49-38-24-41-23-37(48-25-28-20-30-8-3-5-10-34(30)36(21-28)44-2)39(38)29-12-14-33(15-13-29)46-16-7-17-47-35-11-6-4-9-31(35)22-40/h3-6,8-15,20-21,32,37-39,41-42H,7,16-19,23-27H2,1-2H3/t32-,37-,38+,39+/m0/s1. The lowest BCUT2D eigenvalue weighted by atomic mass is 9.85. The number of fused-ring (bicyclic) bond motifs is 1. The first-order chi connectivity index (χ1) is 24.1. The summed E-state index contributed by atoms with van der Waals surface area (Å²) in [5, 5.41) is 25.4. The fourth-order valence-electron chi connectivity index (χ4n) is 5.95. The maximum atomic E-state index is 10.5. The number of piperidine rings is 1. The molecule has 1 fully saturated rings. The molecule has 10 heteroatoms. The Labute approximate surface area is 288 Å². The summed E-state index contributed by atoms with van der Waals surface area (Å²) in [5.41, 5.74) is 2.59. The molecule has 1 aliphatic heterocycles. The zero-order valence-electron chi connectivity index (χ0n) is 28.2. The van der Waals surface area contributed by atoms with Crippen LogP contribution in [-0.4, -0.2) is 90.4 Å². The van der Waals surface area contributed by atoms with Crippen LogP contribution in [0.25, 0.3) is 10.8 Å². The topological polar surface area (TPSA) is 121 Å². The molecule has 1 saturated heterocycles. The summed E-state index contributed by atoms with van der Waals surface area (Å²) in [6, 6.07) is 29.7. The maximum absolute atomic E-state index is 10.5. The highest BCUT2D eigenvalue weighted by atomic mass is 16.5. The first-order valence-corrected chi connectivity index (χ1v) is 16.7. The lowest BCUT2D eigenvalue weighted by molar-refractivity contribution is -0.0896. The van der Waals surface area contributed by atoms with Crippen LogP contribution in [0.15, 0.2) is 84.9 Å². The van der Waals surface area contributed by atoms with Gasteiger partial charge in [-0.15, -0.1) is 0 Å². The fourth-order valence-corrected chi connectivity index (χ4v) is 5.95. The number of nitriles is 1. The van der Waals surface area contributed by atoms with E-state index in [9.17, 15) is 10.4 Å². The molecular weight excluding hydrogens is 624 g/mol. The van der Waals surface area contributed by atoms with Crippen molar-refractivity contribution in [2.75, 3.05) is 67.0 Å². The molecule has 5 rings (SSSR count). The van der Waals surface area contributed by atoms with Crippen molar-refractivity contribution >= 4 is 10.8 Å². The van der Waals surface area contributed by atoms with Crippen LogP contribution in [0.3, 0.4) is 0 Å². The van der Waals surface area contributed by atoms with Gasteiger partial charge in [-0.05, 0) is 52.9 Å². The highest BCUT2D eigenvalue weighted by Crippen LogP contribution is 2.33. The molecule has 0 amide bonds. The largest absolute Gasteiger partial charge is 0.496 e. The molecule has 0 aliphatic carbocycles. The predicted molar refractivity (Wildman–Crippen MR) is 186 cm³/mol. The number of rotatable bonds is 19. The van der Waals surface area contributed by atoms with Crippen LogP contribution in [0.1, 0.15) is 29.0 Å². The Bertz CT molecular complexity index is 1630. The molecule has 0 bridgehead atoms. The molecule has 0 aromatic heterocycles. The average Bonchev–Trinajstić information content (AvgIpc) is 3.14. The van der Waals surface area contributed by atoms with Crippen molar-refractivity contribution in [1.29, 1.82) is 5.26 Å². The summed E-state index contributed by atoms with van der Waals surface area (Å²) in [7, 11) is 3.30. The maximum Gasteiger partial charge on any atom is 0.137 e. The van der Waals surface area contributed by atoms with Gasteiger partial charge < -0.3 is 43.6 Å². The van der Waals surface area contributed by atoms with Gasteiger partial charge in [-0.1, -0.05) is 48.5 Å². The van der Waals surface area contributed by atoms with E-state index in [0.717, 1.165) is 33.4 Å². The quantitative estimate of drug-likeness (QED) is 0.128. The van der Waals surface area contributed by atoms with Crippen LogP contribution >= 0.6 is 0 Å². The van der Waals surface area contributed by atoms with Crippen molar-refractivity contribution in [2.24, 2.45) is 0 Å². The van der Waals surface area contributed by atoms with Gasteiger partial charge in [0.1, 0.15) is 29.4 Å². The monoisotopic (exact) mass is 670 g/mol. The van der Waals surface area contributed by atoms with Gasteiger partial charge in [0, 0.05) is 37.9 Å². The van der Waals surface area contributed by atoms with Crippen LogP contribution < -0.4 is 19.5 Å². The summed E-state index contributed by atoms with van der Waals surface area (Å²) in [4.78, 5) is 0. The zero-order valence-corrected chi connectivity index (χ0v) is 28.2. The van der Waals surface area contributed by atoms with Gasteiger partial charge in [-0.2, -0.15) is 5.26 Å². The summed E-state index contributed by atoms with van der Waals surface area (Å²) < 4.78 is 40.9. The van der Waals surface area contributed by atoms with Crippen molar-refractivity contribution in [2.45, 2.75) is 37.3 Å². The number of aliphatic hydroxyl groups excluding tert-OH is 1. The van der Waals surface area contributed by atoms with Crippen molar-refractivity contribution < 1.29 is 38.3 Å². The van der Waals surface area contributed by atoms with E-state index in [2.05, 4.69) is 41.7 Å². The normalized spacial score (nSPS) is 18.1. The van der Waals surface area contributed by atoms with Crippen molar-refractivity contribution in [3.05, 3.63) is 102 Å². The second kappa shape index (κ2) is 19.1. The van der Waals surface area contributed by atoms with E-state index in [1.165, 1.54) is 0 Å². The van der Waals surface area contributed by atoms with Gasteiger partial charge in [0.15, 0.2) is 0 Å². The summed E-state index contributed by atoms with van der Waals surface area (Å²) in [5.74, 6) is 2.03. The van der Waals surface area contributed by atoms with E-state index in [-0.39, 0.29) is 31.3 Å². The highest BCUT2D eigenvalue weighted by molar-refractivity contribution is 5.89. The van der Waals surface area contributed by atoms with Crippen LogP contribution in [-0.2, 0) is 25.6 Å². The van der Waals surface area contributed by atoms with Crippen molar-refractivity contribution in [3.8, 4) is 23.3 Å². The molecule has 0 saturated carbocycles. The van der Waals surface area contributed by atoms with E-state index >= 15 is 0 Å². The fraction of sp³-hybridized carbons (Fsp3) is 0.410. The molecule has 4 atom stereocenters. The number of hydrogen-bond acceptors (Lipinski definition) is 10. The average molecular weight is 671 g/mol. The number of para-hydroxylation sites is 1. The second-order valence-electron chi connectivity index (χ2n) is 11.9. The van der Waals surface area contributed by atoms with Crippen LogP contribution in [0.4, 0.5) is 0 Å². The number of aliphatic hydroxyl groups is 1. The molecule has 10 nitrogen and oxygen atoms in total. The molecule has 260 valence electrons. The van der Waals surface area contributed by atoms with E-state index in [1.54, 1.807) is 26.4 Å². The number of nitrogens with zero attached hydrogens (tertiary/aromatic N) is 1. The molecular formula is C39H46N2O8. The Hall–Kier alpha value is -4.21. The predicted octanol–water partition coefficient (Wildman–Crippen LogP) is 5.25. The first-order valence-electron chi connectivity index (χ1n) is 16.7. The Kier molecular flexibility index (Phi) is 14.1. The van der Waals surface area contributed by atoms with Gasteiger partial charge in [0.25, 0.3) is 0 Å².